The average molecular weight is 290 g/mol. The van der Waals surface area contributed by atoms with Crippen LogP contribution in [0.4, 0.5) is 8.78 Å². The zero-order valence-corrected chi connectivity index (χ0v) is 11.0. The smallest absolute Gasteiger partial charge is 0.191 e. The fraction of sp³-hybridized carbons (Fsp3) is 0.188. The molecule has 2 aromatic carbocycles. The average Bonchev–Trinajstić information content (AvgIpc) is 2.51. The van der Waals surface area contributed by atoms with Crippen molar-refractivity contribution in [2.45, 2.75) is 12.5 Å². The fourth-order valence-electron chi connectivity index (χ4n) is 2.16. The molecule has 0 aliphatic carbocycles. The van der Waals surface area contributed by atoms with Gasteiger partial charge >= 0.3 is 0 Å². The lowest BCUT2D eigenvalue weighted by atomic mass is 10.0. The van der Waals surface area contributed by atoms with Gasteiger partial charge in [-0.15, -0.1) is 0 Å². The standard InChI is InChI=1S/C16H12F2O3/c17-11-5-3-4-10(16(11)18)8-12(19)15-9-20-13-6-1-2-7-14(13)21-15/h1-7,15H,8-9H2. The van der Waals surface area contributed by atoms with Gasteiger partial charge in [0.05, 0.1) is 0 Å². The number of carbonyl (C=O) groups is 1. The summed E-state index contributed by atoms with van der Waals surface area (Å²) in [6.45, 7) is 0.0623. The van der Waals surface area contributed by atoms with Crippen LogP contribution in [0.25, 0.3) is 0 Å². The minimum atomic E-state index is -0.997. The molecule has 0 amide bonds. The molecule has 1 aliphatic heterocycles. The third-order valence-corrected chi connectivity index (χ3v) is 3.26. The summed E-state index contributed by atoms with van der Waals surface area (Å²) in [5.41, 5.74) is 0.0162. The molecule has 3 rings (SSSR count). The number of ketones is 1. The highest BCUT2D eigenvalue weighted by Crippen LogP contribution is 2.31. The van der Waals surface area contributed by atoms with Crippen LogP contribution in [0.5, 0.6) is 11.5 Å². The summed E-state index contributed by atoms with van der Waals surface area (Å²) in [6, 6.07) is 10.8. The second-order valence-corrected chi connectivity index (χ2v) is 4.72. The summed E-state index contributed by atoms with van der Waals surface area (Å²) >= 11 is 0. The van der Waals surface area contributed by atoms with E-state index in [2.05, 4.69) is 0 Å². The number of para-hydroxylation sites is 2. The molecule has 0 radical (unpaired) electrons. The van der Waals surface area contributed by atoms with Crippen molar-refractivity contribution in [1.82, 2.24) is 0 Å². The van der Waals surface area contributed by atoms with Gasteiger partial charge in [-0.25, -0.2) is 8.78 Å². The third-order valence-electron chi connectivity index (χ3n) is 3.26. The summed E-state index contributed by atoms with van der Waals surface area (Å²) in [4.78, 5) is 12.1. The van der Waals surface area contributed by atoms with Crippen LogP contribution in [0, 0.1) is 11.6 Å². The topological polar surface area (TPSA) is 35.5 Å². The predicted octanol–water partition coefficient (Wildman–Crippen LogP) is 2.92. The van der Waals surface area contributed by atoms with E-state index in [1.165, 1.54) is 12.1 Å². The van der Waals surface area contributed by atoms with Crippen molar-refractivity contribution in [3.05, 3.63) is 59.7 Å². The highest BCUT2D eigenvalue weighted by molar-refractivity contribution is 5.86. The molecule has 1 aliphatic rings. The van der Waals surface area contributed by atoms with Gasteiger partial charge in [0.2, 0.25) is 0 Å². The van der Waals surface area contributed by atoms with E-state index in [4.69, 9.17) is 9.47 Å². The lowest BCUT2D eigenvalue weighted by Gasteiger charge is -2.25. The first-order valence-corrected chi connectivity index (χ1v) is 6.49. The van der Waals surface area contributed by atoms with E-state index in [9.17, 15) is 13.6 Å². The number of Topliss-reactive ketones (excluding diaryl/α,β-unsaturated/α-hetero) is 1. The number of ether oxygens (including phenoxy) is 2. The van der Waals surface area contributed by atoms with Crippen LogP contribution in [-0.2, 0) is 11.2 Å². The second-order valence-electron chi connectivity index (χ2n) is 4.72. The van der Waals surface area contributed by atoms with E-state index in [1.54, 1.807) is 24.3 Å². The van der Waals surface area contributed by atoms with Gasteiger partial charge in [-0.1, -0.05) is 24.3 Å². The monoisotopic (exact) mass is 290 g/mol. The van der Waals surface area contributed by atoms with Crippen LogP contribution in [0.2, 0.25) is 0 Å². The van der Waals surface area contributed by atoms with E-state index in [0.29, 0.717) is 11.5 Å². The minimum absolute atomic E-state index is 0.0162. The maximum atomic E-state index is 13.6. The quantitative estimate of drug-likeness (QED) is 0.872. The van der Waals surface area contributed by atoms with Crippen molar-refractivity contribution >= 4 is 5.78 Å². The van der Waals surface area contributed by atoms with E-state index >= 15 is 0 Å². The predicted molar refractivity (Wildman–Crippen MR) is 71.4 cm³/mol. The van der Waals surface area contributed by atoms with E-state index in [1.807, 2.05) is 0 Å². The molecule has 0 N–H and O–H groups in total. The lowest BCUT2D eigenvalue weighted by molar-refractivity contribution is -0.127. The van der Waals surface area contributed by atoms with Gasteiger partial charge < -0.3 is 9.47 Å². The minimum Gasteiger partial charge on any atom is -0.485 e. The van der Waals surface area contributed by atoms with Gasteiger partial charge in [-0.3, -0.25) is 4.79 Å². The van der Waals surface area contributed by atoms with Gasteiger partial charge in [-0.05, 0) is 23.8 Å². The number of carbonyl (C=O) groups excluding carboxylic acids is 1. The Labute approximate surface area is 120 Å². The molecule has 108 valence electrons. The second kappa shape index (κ2) is 5.52. The van der Waals surface area contributed by atoms with E-state index < -0.39 is 17.7 Å². The Bertz CT molecular complexity index is 685. The molecule has 0 aromatic heterocycles. The molecule has 0 spiro atoms. The van der Waals surface area contributed by atoms with Crippen LogP contribution < -0.4 is 9.47 Å². The molecule has 5 heteroatoms. The molecule has 1 heterocycles. The van der Waals surface area contributed by atoms with E-state index in [0.717, 1.165) is 6.07 Å². The van der Waals surface area contributed by atoms with Crippen molar-refractivity contribution in [3.63, 3.8) is 0 Å². The molecule has 0 fully saturated rings. The summed E-state index contributed by atoms with van der Waals surface area (Å²) in [6.07, 6.45) is -1.05. The molecule has 0 saturated heterocycles. The molecule has 0 saturated carbocycles. The fourth-order valence-corrected chi connectivity index (χ4v) is 2.16. The Hall–Kier alpha value is -2.43. The summed E-state index contributed by atoms with van der Waals surface area (Å²) in [5.74, 6) is -1.27. The SMILES string of the molecule is O=C(Cc1cccc(F)c1F)C1COc2ccccc2O1. The van der Waals surface area contributed by atoms with Gasteiger partial charge in [0.15, 0.2) is 35.0 Å². The molecule has 3 nitrogen and oxygen atoms in total. The third kappa shape index (κ3) is 2.72. The Morgan fingerprint density at radius 2 is 1.86 bits per heavy atom. The normalized spacial score (nSPS) is 16.6. The summed E-state index contributed by atoms with van der Waals surface area (Å²) in [5, 5.41) is 0. The van der Waals surface area contributed by atoms with Crippen LogP contribution in [0.15, 0.2) is 42.5 Å². The Kier molecular flexibility index (Phi) is 3.56. The molecule has 2 aromatic rings. The molecular weight excluding hydrogens is 278 g/mol. The van der Waals surface area contributed by atoms with Crippen molar-refractivity contribution in [2.24, 2.45) is 0 Å². The molecular formula is C16H12F2O3. The number of rotatable bonds is 3. The van der Waals surface area contributed by atoms with Crippen molar-refractivity contribution < 1.29 is 23.0 Å². The number of fused-ring (bicyclic) bond motifs is 1. The first-order chi connectivity index (χ1) is 10.1. The molecule has 0 bridgehead atoms. The van der Waals surface area contributed by atoms with Crippen LogP contribution in [0.3, 0.4) is 0 Å². The highest BCUT2D eigenvalue weighted by Gasteiger charge is 2.27. The van der Waals surface area contributed by atoms with Gasteiger partial charge in [0, 0.05) is 6.42 Å². The van der Waals surface area contributed by atoms with Crippen molar-refractivity contribution in [3.8, 4) is 11.5 Å². The Morgan fingerprint density at radius 3 is 2.67 bits per heavy atom. The van der Waals surface area contributed by atoms with Crippen LogP contribution in [0.1, 0.15) is 5.56 Å². The van der Waals surface area contributed by atoms with E-state index in [-0.39, 0.29) is 24.4 Å². The summed E-state index contributed by atoms with van der Waals surface area (Å²) in [7, 11) is 0. The van der Waals surface area contributed by atoms with Crippen molar-refractivity contribution in [2.75, 3.05) is 6.61 Å². The zero-order chi connectivity index (χ0) is 14.8. The zero-order valence-electron chi connectivity index (χ0n) is 11.0. The van der Waals surface area contributed by atoms with Gasteiger partial charge in [0.25, 0.3) is 0 Å². The number of benzene rings is 2. The number of hydrogen-bond acceptors (Lipinski definition) is 3. The Morgan fingerprint density at radius 1 is 1.10 bits per heavy atom. The maximum Gasteiger partial charge on any atom is 0.191 e. The highest BCUT2D eigenvalue weighted by atomic mass is 19.2. The first-order valence-electron chi connectivity index (χ1n) is 6.49. The van der Waals surface area contributed by atoms with Crippen LogP contribution >= 0.6 is 0 Å². The Balaban J connectivity index is 1.74. The molecule has 21 heavy (non-hydrogen) atoms. The summed E-state index contributed by atoms with van der Waals surface area (Å²) < 4.78 is 37.7. The van der Waals surface area contributed by atoms with Gasteiger partial charge in [0.1, 0.15) is 6.61 Å². The van der Waals surface area contributed by atoms with Crippen molar-refractivity contribution in [1.29, 1.82) is 0 Å². The maximum absolute atomic E-state index is 13.6. The largest absolute Gasteiger partial charge is 0.485 e. The molecule has 1 atom stereocenters. The lowest BCUT2D eigenvalue weighted by Crippen LogP contribution is -2.37. The van der Waals surface area contributed by atoms with Gasteiger partial charge in [-0.2, -0.15) is 0 Å². The van der Waals surface area contributed by atoms with Crippen LogP contribution in [-0.4, -0.2) is 18.5 Å². The molecule has 1 unspecified atom stereocenters. The number of hydrogen-bond donors (Lipinski definition) is 0. The first kappa shape index (κ1) is 13.5. The number of halogens is 2.